The molecule has 3 heterocycles. The lowest BCUT2D eigenvalue weighted by molar-refractivity contribution is -0.137. The normalized spacial score (nSPS) is 13.1. The fourth-order valence-corrected chi connectivity index (χ4v) is 3.34. The quantitative estimate of drug-likeness (QED) is 0.443. The summed E-state index contributed by atoms with van der Waals surface area (Å²) in [5.74, 6) is -2.07. The molecule has 9 nitrogen and oxygen atoms in total. The van der Waals surface area contributed by atoms with Crippen LogP contribution in [0.15, 0.2) is 42.9 Å². The Bertz CT molecular complexity index is 1210. The van der Waals surface area contributed by atoms with Crippen LogP contribution in [0.5, 0.6) is 0 Å². The average Bonchev–Trinajstić information content (AvgIpc) is 3.45. The van der Waals surface area contributed by atoms with Crippen LogP contribution in [0.3, 0.4) is 0 Å². The van der Waals surface area contributed by atoms with Crippen molar-refractivity contribution in [3.8, 4) is 5.82 Å². The minimum atomic E-state index is -1.10. The lowest BCUT2D eigenvalue weighted by atomic mass is 10.0. The number of fused-ring (bicyclic) bond motifs is 1. The van der Waals surface area contributed by atoms with E-state index in [2.05, 4.69) is 20.4 Å². The molecule has 1 aliphatic carbocycles. The zero-order valence-electron chi connectivity index (χ0n) is 15.3. The van der Waals surface area contributed by atoms with E-state index in [-0.39, 0.29) is 12.1 Å². The van der Waals surface area contributed by atoms with E-state index in [9.17, 15) is 14.4 Å². The number of hydrogen-bond acceptors (Lipinski definition) is 5. The number of H-pyrrole nitrogens is 1. The number of pyridine rings is 1. The van der Waals surface area contributed by atoms with E-state index in [4.69, 9.17) is 5.73 Å². The number of nitrogens with two attached hydrogens (primary N) is 1. The maximum Gasteiger partial charge on any atom is 0.287 e. The van der Waals surface area contributed by atoms with E-state index in [0.29, 0.717) is 5.82 Å². The molecule has 0 aromatic carbocycles. The highest BCUT2D eigenvalue weighted by Gasteiger charge is 2.28. The zero-order valence-corrected chi connectivity index (χ0v) is 15.3. The number of carbonyl (C=O) groups is 3. The summed E-state index contributed by atoms with van der Waals surface area (Å²) < 4.78 is 1.36. The predicted molar refractivity (Wildman–Crippen MR) is 104 cm³/mol. The largest absolute Gasteiger partial charge is 0.363 e. The van der Waals surface area contributed by atoms with Gasteiger partial charge in [0.2, 0.25) is 5.78 Å². The van der Waals surface area contributed by atoms with E-state index >= 15 is 0 Å². The molecule has 4 N–H and O–H groups in total. The maximum atomic E-state index is 12.9. The van der Waals surface area contributed by atoms with Crippen LogP contribution >= 0.6 is 0 Å². The van der Waals surface area contributed by atoms with Gasteiger partial charge in [-0.25, -0.2) is 9.67 Å². The average molecular weight is 390 g/mol. The summed E-state index contributed by atoms with van der Waals surface area (Å²) in [6, 6.07) is 5.63. The molecule has 146 valence electrons. The van der Waals surface area contributed by atoms with Crippen LogP contribution in [-0.2, 0) is 16.0 Å². The van der Waals surface area contributed by atoms with Gasteiger partial charge in [0.15, 0.2) is 5.82 Å². The number of hydrogen-bond donors (Lipinski definition) is 3. The molecule has 0 fully saturated rings. The van der Waals surface area contributed by atoms with Crippen molar-refractivity contribution in [2.45, 2.75) is 18.9 Å². The number of nitrogens with zero attached hydrogens (tertiary/aromatic N) is 3. The predicted octanol–water partition coefficient (Wildman–Crippen LogP) is -1.04. The number of aromatic amines is 1. The topological polar surface area (TPSA) is 136 Å². The number of nitrogens with one attached hydrogen (secondary N) is 2. The Morgan fingerprint density at radius 2 is 2.07 bits per heavy atom. The Morgan fingerprint density at radius 1 is 1.21 bits per heavy atom. The fraction of sp³-hybridized carbons (Fsp3) is 0.150. The van der Waals surface area contributed by atoms with Crippen LogP contribution in [-0.4, -0.2) is 43.4 Å². The van der Waals surface area contributed by atoms with Crippen molar-refractivity contribution < 1.29 is 14.4 Å². The van der Waals surface area contributed by atoms with Gasteiger partial charge in [0.1, 0.15) is 11.7 Å². The van der Waals surface area contributed by atoms with Gasteiger partial charge in [-0.3, -0.25) is 14.4 Å². The molecule has 1 aliphatic rings. The van der Waals surface area contributed by atoms with Gasteiger partial charge in [0, 0.05) is 24.2 Å². The SMILES string of the molecule is NC(=O)C(=O)C(Cc1c[nH]c2c1=CCC=2)NC(=O)c1ccnn1-c1ccccn1. The van der Waals surface area contributed by atoms with Crippen molar-refractivity contribution in [3.05, 3.63) is 64.7 Å². The van der Waals surface area contributed by atoms with Gasteiger partial charge in [-0.1, -0.05) is 18.2 Å². The molecule has 4 rings (SSSR count). The van der Waals surface area contributed by atoms with E-state index in [0.717, 1.165) is 22.6 Å². The number of Topliss-reactive ketones (excluding diaryl/α,β-unsaturated/α-hetero) is 1. The Labute approximate surface area is 164 Å². The summed E-state index contributed by atoms with van der Waals surface area (Å²) in [7, 11) is 0. The molecule has 1 atom stereocenters. The molecule has 0 spiro atoms. The first kappa shape index (κ1) is 18.4. The molecular formula is C20H18N6O3. The van der Waals surface area contributed by atoms with Crippen LogP contribution in [0.2, 0.25) is 0 Å². The van der Waals surface area contributed by atoms with Crippen molar-refractivity contribution in [2.75, 3.05) is 0 Å². The molecule has 3 aromatic heterocycles. The second-order valence-electron chi connectivity index (χ2n) is 6.56. The minimum absolute atomic E-state index is 0.140. The second kappa shape index (κ2) is 7.55. The second-order valence-corrected chi connectivity index (χ2v) is 6.56. The monoisotopic (exact) mass is 390 g/mol. The van der Waals surface area contributed by atoms with Gasteiger partial charge in [-0.05, 0) is 35.4 Å². The summed E-state index contributed by atoms with van der Waals surface area (Å²) in [5.41, 5.74) is 6.22. The highest BCUT2D eigenvalue weighted by molar-refractivity contribution is 6.38. The van der Waals surface area contributed by atoms with Gasteiger partial charge in [-0.2, -0.15) is 5.10 Å². The van der Waals surface area contributed by atoms with Gasteiger partial charge in [-0.15, -0.1) is 0 Å². The third-order valence-corrected chi connectivity index (χ3v) is 4.71. The molecule has 1 unspecified atom stereocenters. The van der Waals surface area contributed by atoms with Crippen LogP contribution in [0.4, 0.5) is 0 Å². The Balaban J connectivity index is 1.61. The summed E-state index contributed by atoms with van der Waals surface area (Å²) >= 11 is 0. The lowest BCUT2D eigenvalue weighted by Crippen LogP contribution is -2.48. The highest BCUT2D eigenvalue weighted by Crippen LogP contribution is 2.09. The molecule has 29 heavy (non-hydrogen) atoms. The number of carbonyl (C=O) groups excluding carboxylic acids is 3. The number of amides is 2. The van der Waals surface area contributed by atoms with E-state index < -0.39 is 23.6 Å². The minimum Gasteiger partial charge on any atom is -0.363 e. The standard InChI is InChI=1S/C20H18N6O3/c21-19(28)18(27)15(10-12-11-23-14-5-3-4-13(12)14)25-20(29)16-7-9-24-26(16)17-6-1-2-8-22-17/h1-2,4-9,11,15,23H,3,10H2,(H2,21,28)(H,25,29). The van der Waals surface area contributed by atoms with Crippen LogP contribution in [0.1, 0.15) is 22.5 Å². The fourth-order valence-electron chi connectivity index (χ4n) is 3.34. The summed E-state index contributed by atoms with van der Waals surface area (Å²) in [6.07, 6.45) is 9.78. The van der Waals surface area contributed by atoms with Crippen LogP contribution in [0.25, 0.3) is 18.0 Å². The third-order valence-electron chi connectivity index (χ3n) is 4.71. The van der Waals surface area contributed by atoms with Crippen LogP contribution < -0.4 is 21.6 Å². The molecule has 3 aromatic rings. The Morgan fingerprint density at radius 3 is 2.83 bits per heavy atom. The van der Waals surface area contributed by atoms with Gasteiger partial charge < -0.3 is 16.0 Å². The molecule has 0 saturated carbocycles. The first-order valence-electron chi connectivity index (χ1n) is 9.01. The first-order valence-corrected chi connectivity index (χ1v) is 9.01. The number of aromatic nitrogens is 4. The van der Waals surface area contributed by atoms with Gasteiger partial charge >= 0.3 is 0 Å². The van der Waals surface area contributed by atoms with Crippen molar-refractivity contribution >= 4 is 29.7 Å². The van der Waals surface area contributed by atoms with Gasteiger partial charge in [0.25, 0.3) is 11.8 Å². The summed E-state index contributed by atoms with van der Waals surface area (Å²) in [4.78, 5) is 44.1. The molecule has 0 bridgehead atoms. The summed E-state index contributed by atoms with van der Waals surface area (Å²) in [6.45, 7) is 0. The number of rotatable bonds is 7. The van der Waals surface area contributed by atoms with E-state index in [1.807, 2.05) is 12.2 Å². The summed E-state index contributed by atoms with van der Waals surface area (Å²) in [5, 5.41) is 8.68. The van der Waals surface area contributed by atoms with E-state index in [1.54, 1.807) is 30.6 Å². The molecule has 0 radical (unpaired) electrons. The Kier molecular flexibility index (Phi) is 4.78. The number of ketones is 1. The molecule has 9 heteroatoms. The smallest absolute Gasteiger partial charge is 0.287 e. The third kappa shape index (κ3) is 3.57. The lowest BCUT2D eigenvalue weighted by Gasteiger charge is -2.16. The van der Waals surface area contributed by atoms with Crippen molar-refractivity contribution in [3.63, 3.8) is 0 Å². The molecular weight excluding hydrogens is 372 g/mol. The number of primary amides is 1. The molecule has 0 aliphatic heterocycles. The van der Waals surface area contributed by atoms with Crippen molar-refractivity contribution in [2.24, 2.45) is 5.73 Å². The molecule has 2 amide bonds. The Hall–Kier alpha value is -4.01. The van der Waals surface area contributed by atoms with Crippen molar-refractivity contribution in [1.29, 1.82) is 0 Å². The first-order chi connectivity index (χ1) is 14.0. The van der Waals surface area contributed by atoms with E-state index in [1.165, 1.54) is 16.9 Å². The zero-order chi connectivity index (χ0) is 20.4. The molecule has 0 saturated heterocycles. The van der Waals surface area contributed by atoms with Crippen molar-refractivity contribution in [1.82, 2.24) is 25.1 Å². The maximum absolute atomic E-state index is 12.9. The van der Waals surface area contributed by atoms with Crippen LogP contribution in [0, 0.1) is 0 Å². The van der Waals surface area contributed by atoms with Gasteiger partial charge in [0.05, 0.1) is 6.20 Å². The highest BCUT2D eigenvalue weighted by atomic mass is 16.2.